The number of hydrogen-bond acceptors (Lipinski definition) is 5. The van der Waals surface area contributed by atoms with Gasteiger partial charge in [0.1, 0.15) is 24.3 Å². The molecule has 0 radical (unpaired) electrons. The molecule has 8 nitrogen and oxygen atoms in total. The Morgan fingerprint density at radius 2 is 2.03 bits per heavy atom. The van der Waals surface area contributed by atoms with E-state index in [4.69, 9.17) is 4.74 Å². The number of hydrogen-bond donors (Lipinski definition) is 3. The number of aromatic amines is 1. The number of ether oxygens (including phenoxy) is 1. The molecule has 2 heterocycles. The Hall–Kier alpha value is -3.17. The van der Waals surface area contributed by atoms with Gasteiger partial charge in [0.15, 0.2) is 0 Å². The van der Waals surface area contributed by atoms with Gasteiger partial charge < -0.3 is 25.0 Å². The van der Waals surface area contributed by atoms with Crippen molar-refractivity contribution in [2.45, 2.75) is 25.0 Å². The van der Waals surface area contributed by atoms with Crippen molar-refractivity contribution in [3.63, 3.8) is 0 Å². The lowest BCUT2D eigenvalue weighted by molar-refractivity contribution is 0.0554. The lowest BCUT2D eigenvalue weighted by Crippen LogP contribution is -2.42. The second-order valence-electron chi connectivity index (χ2n) is 8.03. The Bertz CT molecular complexity index is 1150. The number of fused-ring (bicyclic) bond motifs is 1. The van der Waals surface area contributed by atoms with E-state index in [1.54, 1.807) is 41.9 Å². The number of likely N-dealkylation sites (tertiary alicyclic amines) is 1. The second-order valence-corrected chi connectivity index (χ2v) is 8.03. The normalized spacial score (nSPS) is 16.2. The Labute approximate surface area is 184 Å². The highest BCUT2D eigenvalue weighted by Gasteiger charge is 2.25. The zero-order valence-electron chi connectivity index (χ0n) is 17.9. The van der Waals surface area contributed by atoms with Crippen molar-refractivity contribution >= 4 is 16.9 Å². The third-order valence-electron chi connectivity index (χ3n) is 5.86. The van der Waals surface area contributed by atoms with Crippen molar-refractivity contribution < 1.29 is 19.0 Å². The average Bonchev–Trinajstić information content (AvgIpc) is 3.12. The molecular weight excluding hydrogens is 415 g/mol. The molecule has 1 aliphatic heterocycles. The van der Waals surface area contributed by atoms with E-state index in [-0.39, 0.29) is 30.1 Å². The smallest absolute Gasteiger partial charge is 0.326 e. The summed E-state index contributed by atoms with van der Waals surface area (Å²) in [6, 6.07) is 11.3. The highest BCUT2D eigenvalue weighted by Crippen LogP contribution is 2.25. The fourth-order valence-corrected chi connectivity index (χ4v) is 4.28. The second kappa shape index (κ2) is 9.54. The minimum Gasteiger partial charge on any atom is -0.490 e. The number of H-pyrrole nitrogens is 1. The summed E-state index contributed by atoms with van der Waals surface area (Å²) in [5.74, 6) is -0.193. The summed E-state index contributed by atoms with van der Waals surface area (Å²) in [5, 5.41) is 13.0. The minimum atomic E-state index is -0.719. The molecule has 1 amide bonds. The Kier molecular flexibility index (Phi) is 6.57. The number of carbonyl (C=O) groups excluding carboxylic acids is 1. The van der Waals surface area contributed by atoms with E-state index in [9.17, 15) is 19.1 Å². The van der Waals surface area contributed by atoms with Crippen molar-refractivity contribution in [1.82, 2.24) is 19.8 Å². The molecule has 3 N–H and O–H groups in total. The first-order valence-electron chi connectivity index (χ1n) is 10.7. The first-order chi connectivity index (χ1) is 15.5. The molecule has 1 saturated heterocycles. The lowest BCUT2D eigenvalue weighted by Gasteiger charge is -2.33. The topological polar surface area (TPSA) is 99.6 Å². The molecule has 1 unspecified atom stereocenters. The van der Waals surface area contributed by atoms with Crippen LogP contribution in [0.5, 0.6) is 5.75 Å². The van der Waals surface area contributed by atoms with Gasteiger partial charge in [0.2, 0.25) is 0 Å². The molecule has 32 heavy (non-hydrogen) atoms. The van der Waals surface area contributed by atoms with Gasteiger partial charge in [-0.2, -0.15) is 0 Å². The number of nitrogens with one attached hydrogen (secondary N) is 2. The molecule has 0 aliphatic carbocycles. The van der Waals surface area contributed by atoms with Gasteiger partial charge in [-0.05, 0) is 43.2 Å². The summed E-state index contributed by atoms with van der Waals surface area (Å²) in [5.41, 5.74) is 1.40. The number of aliphatic hydroxyl groups is 1. The van der Waals surface area contributed by atoms with Crippen LogP contribution < -0.4 is 15.7 Å². The fraction of sp³-hybridized carbons (Fsp3) is 0.391. The predicted molar refractivity (Wildman–Crippen MR) is 119 cm³/mol. The number of imidazole rings is 1. The number of aliphatic hydroxyl groups excluding tert-OH is 1. The Morgan fingerprint density at radius 1 is 1.28 bits per heavy atom. The van der Waals surface area contributed by atoms with Crippen molar-refractivity contribution in [1.29, 1.82) is 0 Å². The molecule has 0 bridgehead atoms. The predicted octanol–water partition coefficient (Wildman–Crippen LogP) is 1.91. The molecule has 2 aromatic carbocycles. The summed E-state index contributed by atoms with van der Waals surface area (Å²) in [6.07, 6.45) is 0.775. The van der Waals surface area contributed by atoms with Crippen LogP contribution in [0.1, 0.15) is 29.2 Å². The van der Waals surface area contributed by atoms with E-state index in [0.29, 0.717) is 28.9 Å². The number of para-hydroxylation sites is 1. The Morgan fingerprint density at radius 3 is 2.78 bits per heavy atom. The van der Waals surface area contributed by atoms with Crippen LogP contribution in [0.15, 0.2) is 47.3 Å². The Balaban J connectivity index is 1.32. The number of β-amino-alcohol motifs (C(OH)–C–C–N with tert-alkyl or cyclic N) is 1. The van der Waals surface area contributed by atoms with Crippen LogP contribution in [-0.4, -0.2) is 64.9 Å². The van der Waals surface area contributed by atoms with Crippen molar-refractivity contribution in [2.75, 3.05) is 33.3 Å². The number of benzene rings is 2. The van der Waals surface area contributed by atoms with Crippen molar-refractivity contribution in [2.24, 2.45) is 0 Å². The molecule has 3 aromatic rings. The van der Waals surface area contributed by atoms with E-state index in [1.807, 2.05) is 0 Å². The van der Waals surface area contributed by atoms with Gasteiger partial charge in [-0.1, -0.05) is 12.1 Å². The van der Waals surface area contributed by atoms with Gasteiger partial charge in [-0.3, -0.25) is 9.36 Å². The first kappa shape index (κ1) is 22.0. The number of carbonyl (C=O) groups is 1. The van der Waals surface area contributed by atoms with Crippen LogP contribution in [0.2, 0.25) is 0 Å². The van der Waals surface area contributed by atoms with Crippen LogP contribution in [0, 0.1) is 5.82 Å². The maximum atomic E-state index is 13.5. The molecule has 170 valence electrons. The summed E-state index contributed by atoms with van der Waals surface area (Å²) in [7, 11) is 1.56. The number of amides is 1. The van der Waals surface area contributed by atoms with E-state index in [1.165, 1.54) is 12.1 Å². The number of halogens is 1. The molecular formula is C23H27FN4O4. The quantitative estimate of drug-likeness (QED) is 0.519. The van der Waals surface area contributed by atoms with Gasteiger partial charge in [-0.15, -0.1) is 0 Å². The SMILES string of the molecule is CNC(=O)c1ccccc1OCC(O)CN1CCC(n2c(=O)[nH]c3cc(F)ccc32)CC1. The average molecular weight is 442 g/mol. The maximum Gasteiger partial charge on any atom is 0.326 e. The highest BCUT2D eigenvalue weighted by molar-refractivity contribution is 5.96. The van der Waals surface area contributed by atoms with E-state index in [2.05, 4.69) is 15.2 Å². The molecule has 4 rings (SSSR count). The first-order valence-corrected chi connectivity index (χ1v) is 10.7. The lowest BCUT2D eigenvalue weighted by atomic mass is 10.0. The molecule has 1 aromatic heterocycles. The van der Waals surface area contributed by atoms with Gasteiger partial charge in [0.05, 0.1) is 16.6 Å². The summed E-state index contributed by atoms with van der Waals surface area (Å²) >= 11 is 0. The van der Waals surface area contributed by atoms with Crippen molar-refractivity contribution in [3.8, 4) is 5.75 Å². The van der Waals surface area contributed by atoms with Gasteiger partial charge >= 0.3 is 5.69 Å². The summed E-state index contributed by atoms with van der Waals surface area (Å²) in [6.45, 7) is 1.94. The molecule has 0 saturated carbocycles. The highest BCUT2D eigenvalue weighted by atomic mass is 19.1. The van der Waals surface area contributed by atoms with Crippen LogP contribution in [0.4, 0.5) is 4.39 Å². The molecule has 1 fully saturated rings. The largest absolute Gasteiger partial charge is 0.490 e. The number of nitrogens with zero attached hydrogens (tertiary/aromatic N) is 2. The fourth-order valence-electron chi connectivity index (χ4n) is 4.28. The minimum absolute atomic E-state index is 0.0192. The molecule has 9 heteroatoms. The maximum absolute atomic E-state index is 13.5. The summed E-state index contributed by atoms with van der Waals surface area (Å²) in [4.78, 5) is 29.2. The zero-order chi connectivity index (χ0) is 22.7. The number of piperidine rings is 1. The van der Waals surface area contributed by atoms with Crippen molar-refractivity contribution in [3.05, 3.63) is 64.3 Å². The molecule has 1 aliphatic rings. The number of rotatable bonds is 7. The van der Waals surface area contributed by atoms with Crippen LogP contribution in [0.3, 0.4) is 0 Å². The van der Waals surface area contributed by atoms with E-state index >= 15 is 0 Å². The third-order valence-corrected chi connectivity index (χ3v) is 5.86. The summed E-state index contributed by atoms with van der Waals surface area (Å²) < 4.78 is 20.9. The van der Waals surface area contributed by atoms with Gasteiger partial charge in [0.25, 0.3) is 5.91 Å². The van der Waals surface area contributed by atoms with Crippen LogP contribution in [0.25, 0.3) is 11.0 Å². The molecule has 1 atom stereocenters. The van der Waals surface area contributed by atoms with E-state index in [0.717, 1.165) is 25.9 Å². The third kappa shape index (κ3) is 4.68. The van der Waals surface area contributed by atoms with E-state index < -0.39 is 6.10 Å². The standard InChI is InChI=1S/C23H27FN4O4/c1-25-22(30)18-4-2-3-5-21(18)32-14-17(29)13-27-10-8-16(9-11-27)28-20-7-6-15(24)12-19(20)26-23(28)31/h2-7,12,16-17,29H,8-11,13-14H2,1H3,(H,25,30)(H,26,31). The monoisotopic (exact) mass is 442 g/mol. The van der Waals surface area contributed by atoms with Gasteiger partial charge in [0, 0.05) is 32.7 Å². The molecule has 0 spiro atoms. The number of aromatic nitrogens is 2. The zero-order valence-corrected chi connectivity index (χ0v) is 17.9. The van der Waals surface area contributed by atoms with Crippen LogP contribution in [-0.2, 0) is 0 Å². The van der Waals surface area contributed by atoms with Crippen LogP contribution >= 0.6 is 0 Å². The van der Waals surface area contributed by atoms with Gasteiger partial charge in [-0.25, -0.2) is 9.18 Å².